The van der Waals surface area contributed by atoms with Crippen LogP contribution in [0.3, 0.4) is 0 Å². The lowest BCUT2D eigenvalue weighted by molar-refractivity contribution is -0.130. The standard InChI is InChI=1S/C23H19N3O3S/c1-14(25-26-23(27)20-13-28-18-7-3-4-8-19(18)29-20)15-10-11-22-17(12-15)24-16-6-2-5-9-21(16)30-22/h2-12,20,24H,13H2,1H3,(H,26,27)/b25-14+/t20-/m1/s1. The predicted molar refractivity (Wildman–Crippen MR) is 117 cm³/mol. The van der Waals surface area contributed by atoms with Crippen molar-refractivity contribution < 1.29 is 14.3 Å². The molecule has 7 heteroatoms. The van der Waals surface area contributed by atoms with Crippen LogP contribution in [0.4, 0.5) is 11.4 Å². The number of hydrogen-bond donors (Lipinski definition) is 2. The number of para-hydroxylation sites is 3. The molecule has 0 saturated carbocycles. The zero-order chi connectivity index (χ0) is 20.5. The Balaban J connectivity index is 1.28. The molecule has 0 spiro atoms. The zero-order valence-corrected chi connectivity index (χ0v) is 17.0. The summed E-state index contributed by atoms with van der Waals surface area (Å²) < 4.78 is 11.3. The zero-order valence-electron chi connectivity index (χ0n) is 16.2. The Bertz CT molecular complexity index is 1160. The van der Waals surface area contributed by atoms with Crippen molar-refractivity contribution >= 4 is 34.8 Å². The van der Waals surface area contributed by atoms with E-state index in [0.717, 1.165) is 21.8 Å². The first-order valence-corrected chi connectivity index (χ1v) is 10.4. The van der Waals surface area contributed by atoms with Crippen molar-refractivity contribution in [2.75, 3.05) is 11.9 Å². The lowest BCUT2D eigenvalue weighted by atomic mass is 10.1. The number of carbonyl (C=O) groups excluding carboxylic acids is 1. The van der Waals surface area contributed by atoms with E-state index in [1.165, 1.54) is 4.90 Å². The highest BCUT2D eigenvalue weighted by Gasteiger charge is 2.27. The van der Waals surface area contributed by atoms with E-state index in [9.17, 15) is 4.79 Å². The minimum Gasteiger partial charge on any atom is -0.485 e. The molecule has 2 aliphatic rings. The van der Waals surface area contributed by atoms with E-state index in [2.05, 4.69) is 34.0 Å². The van der Waals surface area contributed by atoms with E-state index >= 15 is 0 Å². The van der Waals surface area contributed by atoms with Crippen LogP contribution in [0.2, 0.25) is 0 Å². The summed E-state index contributed by atoms with van der Waals surface area (Å²) in [5.41, 5.74) is 6.34. The van der Waals surface area contributed by atoms with Crippen LogP contribution in [0, 0.1) is 0 Å². The Labute approximate surface area is 178 Å². The van der Waals surface area contributed by atoms with Gasteiger partial charge in [0.2, 0.25) is 6.10 Å². The van der Waals surface area contributed by atoms with Crippen LogP contribution in [-0.4, -0.2) is 24.3 Å². The summed E-state index contributed by atoms with van der Waals surface area (Å²) in [4.78, 5) is 14.8. The van der Waals surface area contributed by atoms with Crippen molar-refractivity contribution in [1.82, 2.24) is 5.43 Å². The normalized spacial score (nSPS) is 16.7. The lowest BCUT2D eigenvalue weighted by Crippen LogP contribution is -2.42. The summed E-state index contributed by atoms with van der Waals surface area (Å²) >= 11 is 1.73. The molecule has 0 radical (unpaired) electrons. The second kappa shape index (κ2) is 7.76. The van der Waals surface area contributed by atoms with Gasteiger partial charge in [0.05, 0.1) is 17.1 Å². The van der Waals surface area contributed by atoms with Crippen molar-refractivity contribution in [3.8, 4) is 11.5 Å². The molecule has 0 aromatic heterocycles. The van der Waals surface area contributed by atoms with Crippen LogP contribution in [0.1, 0.15) is 12.5 Å². The average molecular weight is 417 g/mol. The summed E-state index contributed by atoms with van der Waals surface area (Å²) in [6.45, 7) is 2.01. The van der Waals surface area contributed by atoms with Crippen molar-refractivity contribution in [3.05, 3.63) is 72.3 Å². The fraction of sp³-hybridized carbons (Fsp3) is 0.130. The first-order valence-electron chi connectivity index (χ1n) is 9.58. The van der Waals surface area contributed by atoms with Gasteiger partial charge in [-0.1, -0.05) is 42.1 Å². The summed E-state index contributed by atoms with van der Waals surface area (Å²) in [5, 5.41) is 7.73. The average Bonchev–Trinajstić information content (AvgIpc) is 2.80. The van der Waals surface area contributed by atoms with E-state index in [4.69, 9.17) is 9.47 Å². The molecule has 0 unspecified atom stereocenters. The fourth-order valence-corrected chi connectivity index (χ4v) is 4.26. The van der Waals surface area contributed by atoms with Crippen LogP contribution < -0.4 is 20.2 Å². The molecule has 5 rings (SSSR count). The Morgan fingerprint density at radius 2 is 1.80 bits per heavy atom. The third-order valence-corrected chi connectivity index (χ3v) is 6.06. The van der Waals surface area contributed by atoms with Crippen molar-refractivity contribution in [2.24, 2.45) is 5.10 Å². The van der Waals surface area contributed by atoms with Gasteiger partial charge in [0.1, 0.15) is 6.61 Å². The number of carbonyl (C=O) groups is 1. The molecule has 0 saturated heterocycles. The number of amides is 1. The molecule has 2 heterocycles. The number of hydrazone groups is 1. The minimum absolute atomic E-state index is 0.150. The van der Waals surface area contributed by atoms with Crippen LogP contribution in [0.5, 0.6) is 11.5 Å². The molecule has 30 heavy (non-hydrogen) atoms. The smallest absolute Gasteiger partial charge is 0.284 e. The third-order valence-electron chi connectivity index (χ3n) is 4.91. The quantitative estimate of drug-likeness (QED) is 0.377. The van der Waals surface area contributed by atoms with Crippen molar-refractivity contribution in [3.63, 3.8) is 0 Å². The van der Waals surface area contributed by atoms with Gasteiger partial charge in [-0.3, -0.25) is 4.79 Å². The monoisotopic (exact) mass is 417 g/mol. The number of anilines is 2. The molecule has 6 nitrogen and oxygen atoms in total. The Morgan fingerprint density at radius 1 is 1.03 bits per heavy atom. The second-order valence-corrected chi connectivity index (χ2v) is 8.06. The molecule has 3 aromatic rings. The minimum atomic E-state index is -0.741. The van der Waals surface area contributed by atoms with E-state index in [-0.39, 0.29) is 12.5 Å². The maximum atomic E-state index is 12.5. The van der Waals surface area contributed by atoms with Gasteiger partial charge in [-0.15, -0.1) is 0 Å². The molecule has 0 aliphatic carbocycles. The maximum absolute atomic E-state index is 12.5. The van der Waals surface area contributed by atoms with Gasteiger partial charge >= 0.3 is 0 Å². The molecule has 3 aromatic carbocycles. The Kier molecular flexibility index (Phi) is 4.80. The molecular formula is C23H19N3O3S. The lowest BCUT2D eigenvalue weighted by Gasteiger charge is -2.24. The number of rotatable bonds is 3. The highest BCUT2D eigenvalue weighted by Crippen LogP contribution is 2.44. The largest absolute Gasteiger partial charge is 0.485 e. The third kappa shape index (κ3) is 3.59. The molecule has 150 valence electrons. The van der Waals surface area contributed by atoms with E-state index in [1.54, 1.807) is 17.8 Å². The SMILES string of the molecule is C/C(=N\NC(=O)[C@H]1COc2ccccc2O1)c1ccc2c(c1)Nc1ccccc1S2. The molecule has 1 atom stereocenters. The van der Waals surface area contributed by atoms with Crippen molar-refractivity contribution in [1.29, 1.82) is 0 Å². The molecule has 0 bridgehead atoms. The number of ether oxygens (including phenoxy) is 2. The number of benzene rings is 3. The summed E-state index contributed by atoms with van der Waals surface area (Å²) in [6.07, 6.45) is -0.741. The molecule has 0 fully saturated rings. The fourth-order valence-electron chi connectivity index (χ4n) is 3.29. The van der Waals surface area contributed by atoms with Gasteiger partial charge in [-0.05, 0) is 48.9 Å². The molecular weight excluding hydrogens is 398 g/mol. The van der Waals surface area contributed by atoms with Gasteiger partial charge in [0.15, 0.2) is 11.5 Å². The van der Waals surface area contributed by atoms with Crippen LogP contribution in [0.25, 0.3) is 0 Å². The predicted octanol–water partition coefficient (Wildman–Crippen LogP) is 4.58. The maximum Gasteiger partial charge on any atom is 0.284 e. The number of nitrogens with zero attached hydrogens (tertiary/aromatic N) is 1. The molecule has 2 aliphatic heterocycles. The first kappa shape index (κ1) is 18.6. The van der Waals surface area contributed by atoms with E-state index < -0.39 is 6.10 Å². The first-order chi connectivity index (χ1) is 14.7. The van der Waals surface area contributed by atoms with E-state index in [1.807, 2.05) is 49.4 Å². The topological polar surface area (TPSA) is 72.0 Å². The van der Waals surface area contributed by atoms with E-state index in [0.29, 0.717) is 17.2 Å². The van der Waals surface area contributed by atoms with Gasteiger partial charge < -0.3 is 14.8 Å². The summed E-state index contributed by atoms with van der Waals surface area (Å²) in [5.74, 6) is 0.856. The van der Waals surface area contributed by atoms with Gasteiger partial charge in [-0.25, -0.2) is 5.43 Å². The van der Waals surface area contributed by atoms with Gasteiger partial charge in [-0.2, -0.15) is 5.10 Å². The van der Waals surface area contributed by atoms with Crippen LogP contribution >= 0.6 is 11.8 Å². The van der Waals surface area contributed by atoms with Crippen LogP contribution in [0.15, 0.2) is 81.6 Å². The summed E-state index contributed by atoms with van der Waals surface area (Å²) in [6, 6.07) is 21.6. The number of fused-ring (bicyclic) bond motifs is 3. The number of nitrogens with one attached hydrogen (secondary N) is 2. The van der Waals surface area contributed by atoms with Crippen LogP contribution in [-0.2, 0) is 4.79 Å². The molecule has 2 N–H and O–H groups in total. The number of hydrogen-bond acceptors (Lipinski definition) is 6. The van der Waals surface area contributed by atoms with Gasteiger partial charge in [0, 0.05) is 9.79 Å². The highest BCUT2D eigenvalue weighted by molar-refractivity contribution is 7.99. The Hall–Kier alpha value is -3.45. The Morgan fingerprint density at radius 3 is 2.70 bits per heavy atom. The highest BCUT2D eigenvalue weighted by atomic mass is 32.2. The van der Waals surface area contributed by atoms with Gasteiger partial charge in [0.25, 0.3) is 5.91 Å². The second-order valence-electron chi connectivity index (χ2n) is 6.97. The summed E-state index contributed by atoms with van der Waals surface area (Å²) in [7, 11) is 0. The molecule has 1 amide bonds. The van der Waals surface area contributed by atoms with Crippen molar-refractivity contribution in [2.45, 2.75) is 22.8 Å².